The summed E-state index contributed by atoms with van der Waals surface area (Å²) in [4.78, 5) is 3.42. The van der Waals surface area contributed by atoms with E-state index in [-0.39, 0.29) is 0 Å². The average Bonchev–Trinajstić information content (AvgIpc) is 2.62. The van der Waals surface area contributed by atoms with Crippen LogP contribution in [-0.2, 0) is 7.05 Å². The van der Waals surface area contributed by atoms with Crippen LogP contribution in [0, 0.1) is 20.3 Å². The van der Waals surface area contributed by atoms with Gasteiger partial charge in [0.15, 0.2) is 11.9 Å². The van der Waals surface area contributed by atoms with Crippen LogP contribution >= 0.6 is 0 Å². The number of rotatable bonds is 2. The minimum absolute atomic E-state index is 0.326. The molecule has 2 heteroatoms. The lowest BCUT2D eigenvalue weighted by Crippen LogP contribution is -2.31. The monoisotopic (exact) mass is 302 g/mol. The number of aromatic nitrogens is 1. The summed E-state index contributed by atoms with van der Waals surface area (Å²) in [5, 5.41) is 0. The van der Waals surface area contributed by atoms with Gasteiger partial charge in [0.25, 0.3) is 0 Å². The van der Waals surface area contributed by atoms with Gasteiger partial charge in [0.05, 0.1) is 6.57 Å². The second kappa shape index (κ2) is 6.06. The summed E-state index contributed by atoms with van der Waals surface area (Å²) in [6.45, 7) is 6.99. The Morgan fingerprint density at radius 1 is 1.00 bits per heavy atom. The molecule has 0 spiro atoms. The first kappa shape index (κ1) is 11.6. The number of pyridine rings is 1. The van der Waals surface area contributed by atoms with Gasteiger partial charge in [0, 0.05) is 21.3 Å². The summed E-state index contributed by atoms with van der Waals surface area (Å²) in [6.07, 6.45) is 1.67. The molecular formula is C21H19N2+. The quantitative estimate of drug-likeness (QED) is 0.464. The molecule has 2 nitrogen and oxygen atoms in total. The van der Waals surface area contributed by atoms with Gasteiger partial charge in [0.1, 0.15) is 7.05 Å². The Labute approximate surface area is 141 Å². The predicted octanol–water partition coefficient (Wildman–Crippen LogP) is 5.01. The van der Waals surface area contributed by atoms with E-state index in [0.29, 0.717) is 11.3 Å². The Morgan fingerprint density at radius 3 is 2.39 bits per heavy atom. The van der Waals surface area contributed by atoms with Crippen LogP contribution in [-0.4, -0.2) is 0 Å². The van der Waals surface area contributed by atoms with E-state index in [1.807, 2.05) is 48.9 Å². The van der Waals surface area contributed by atoms with E-state index in [9.17, 15) is 0 Å². The first-order valence-corrected chi connectivity index (χ1v) is 7.38. The largest absolute Gasteiger partial charge is 0.238 e. The van der Waals surface area contributed by atoms with Crippen LogP contribution in [0.3, 0.4) is 0 Å². The average molecular weight is 302 g/mol. The molecule has 0 amide bonds. The normalized spacial score (nSPS) is 12.8. The lowest BCUT2D eigenvalue weighted by atomic mass is 9.97. The molecule has 0 radical (unpaired) electrons. The van der Waals surface area contributed by atoms with E-state index in [0.717, 1.165) is 27.9 Å². The first-order chi connectivity index (χ1) is 12.3. The smallest absolute Gasteiger partial charge is 0.212 e. The van der Waals surface area contributed by atoms with Crippen molar-refractivity contribution >= 4 is 5.69 Å². The zero-order chi connectivity index (χ0) is 18.9. The molecular weight excluding hydrogens is 280 g/mol. The van der Waals surface area contributed by atoms with Crippen molar-refractivity contribution in [3.05, 3.63) is 83.3 Å². The zero-order valence-electron chi connectivity index (χ0n) is 16.2. The second-order valence-corrected chi connectivity index (χ2v) is 5.60. The maximum atomic E-state index is 7.57. The van der Waals surface area contributed by atoms with Gasteiger partial charge in [-0.3, -0.25) is 0 Å². The van der Waals surface area contributed by atoms with E-state index in [1.165, 1.54) is 0 Å². The third-order valence-corrected chi connectivity index (χ3v) is 3.98. The number of aryl methyl sites for hydroxylation is 3. The maximum absolute atomic E-state index is 7.57. The molecule has 0 unspecified atom stereocenters. The molecule has 0 aliphatic rings. The van der Waals surface area contributed by atoms with Crippen molar-refractivity contribution in [3.63, 3.8) is 0 Å². The fraction of sp³-hybridized carbons (Fsp3) is 0.143. The fourth-order valence-electron chi connectivity index (χ4n) is 2.69. The van der Waals surface area contributed by atoms with Crippen LogP contribution in [0.1, 0.15) is 15.2 Å². The van der Waals surface area contributed by atoms with Gasteiger partial charge in [-0.05, 0) is 42.6 Å². The van der Waals surface area contributed by atoms with Crippen LogP contribution in [0.15, 0.2) is 60.8 Å². The molecule has 0 fully saturated rings. The van der Waals surface area contributed by atoms with Crippen molar-refractivity contribution < 1.29 is 8.68 Å². The van der Waals surface area contributed by atoms with Gasteiger partial charge >= 0.3 is 0 Å². The van der Waals surface area contributed by atoms with Gasteiger partial charge in [-0.1, -0.05) is 36.4 Å². The highest BCUT2D eigenvalue weighted by Crippen LogP contribution is 2.29. The van der Waals surface area contributed by atoms with E-state index >= 15 is 0 Å². The van der Waals surface area contributed by atoms with E-state index in [2.05, 4.69) is 23.0 Å². The Balaban J connectivity index is 2.07. The molecule has 0 saturated carbocycles. The van der Waals surface area contributed by atoms with Gasteiger partial charge < -0.3 is 0 Å². The van der Waals surface area contributed by atoms with Crippen LogP contribution in [0.5, 0.6) is 0 Å². The Hall–Kier alpha value is -2.92. The van der Waals surface area contributed by atoms with Gasteiger partial charge in [0.2, 0.25) is 5.69 Å². The second-order valence-electron chi connectivity index (χ2n) is 5.60. The minimum Gasteiger partial charge on any atom is -0.238 e. The number of benzene rings is 2. The van der Waals surface area contributed by atoms with Crippen molar-refractivity contribution in [2.45, 2.75) is 13.8 Å². The summed E-state index contributed by atoms with van der Waals surface area (Å²) < 4.78 is 24.6. The van der Waals surface area contributed by atoms with Crippen LogP contribution < -0.4 is 4.57 Å². The highest BCUT2D eigenvalue weighted by Gasteiger charge is 2.13. The summed E-state index contributed by atoms with van der Waals surface area (Å²) in [7, 11) is 1.86. The molecule has 1 heterocycles. The number of hydrogen-bond donors (Lipinski definition) is 0. The fourth-order valence-corrected chi connectivity index (χ4v) is 2.69. The molecule has 3 rings (SSSR count). The topological polar surface area (TPSA) is 8.24 Å². The molecule has 0 aliphatic heterocycles. The summed E-state index contributed by atoms with van der Waals surface area (Å²) in [5.41, 5.74) is 6.16. The molecule has 1 aromatic heterocycles. The number of hydrogen-bond acceptors (Lipinski definition) is 0. The van der Waals surface area contributed by atoms with Crippen molar-refractivity contribution in [1.82, 2.24) is 0 Å². The van der Waals surface area contributed by atoms with Crippen LogP contribution in [0.4, 0.5) is 5.69 Å². The molecule has 23 heavy (non-hydrogen) atoms. The highest BCUT2D eigenvalue weighted by atomic mass is 14.9. The summed E-state index contributed by atoms with van der Waals surface area (Å²) in [6, 6.07) is 17.3. The minimum atomic E-state index is -2.11. The molecule has 2 aromatic carbocycles. The maximum Gasteiger partial charge on any atom is 0.212 e. The predicted molar refractivity (Wildman–Crippen MR) is 94.2 cm³/mol. The highest BCUT2D eigenvalue weighted by molar-refractivity contribution is 5.73. The summed E-state index contributed by atoms with van der Waals surface area (Å²) in [5.74, 6) is 0. The third-order valence-electron chi connectivity index (χ3n) is 3.98. The summed E-state index contributed by atoms with van der Waals surface area (Å²) >= 11 is 0. The SMILES string of the molecule is [2H]C([2H])([2H])c1ccc(-c2cc(-c3ccc([N+]#[C-])cc3)ccc2C)[n+](C)c1. The van der Waals surface area contributed by atoms with Crippen molar-refractivity contribution in [3.8, 4) is 22.4 Å². The van der Waals surface area contributed by atoms with Crippen LogP contribution in [0.2, 0.25) is 0 Å². The molecule has 3 aromatic rings. The van der Waals surface area contributed by atoms with E-state index in [1.54, 1.807) is 12.3 Å². The van der Waals surface area contributed by atoms with Gasteiger partial charge in [-0.15, -0.1) is 0 Å². The van der Waals surface area contributed by atoms with E-state index < -0.39 is 6.85 Å². The lowest BCUT2D eigenvalue weighted by molar-refractivity contribution is -0.660. The standard InChI is InChI=1S/C21H19N2/c1-15-5-12-21(23(4)14-15)20-13-18(7-6-16(20)2)17-8-10-19(22-3)11-9-17/h5-14H,1-2,4H3/q+1/i1D3. The molecule has 0 atom stereocenters. The van der Waals surface area contributed by atoms with Crippen LogP contribution in [0.25, 0.3) is 27.2 Å². The third kappa shape index (κ3) is 3.00. The zero-order valence-corrected chi connectivity index (χ0v) is 13.2. The van der Waals surface area contributed by atoms with Crippen molar-refractivity contribution in [2.75, 3.05) is 0 Å². The van der Waals surface area contributed by atoms with Gasteiger partial charge in [-0.25, -0.2) is 9.41 Å². The molecule has 112 valence electrons. The first-order valence-electron chi connectivity index (χ1n) is 8.88. The van der Waals surface area contributed by atoms with Gasteiger partial charge in [-0.2, -0.15) is 0 Å². The number of nitrogens with zero attached hydrogens (tertiary/aromatic N) is 2. The Bertz CT molecular complexity index is 997. The molecule has 0 bridgehead atoms. The molecule has 0 N–H and O–H groups in total. The van der Waals surface area contributed by atoms with Crippen molar-refractivity contribution in [2.24, 2.45) is 7.05 Å². The molecule has 0 aliphatic carbocycles. The Kier molecular flexibility index (Phi) is 3.06. The van der Waals surface area contributed by atoms with Crippen molar-refractivity contribution in [1.29, 1.82) is 0 Å². The molecule has 0 saturated heterocycles. The Morgan fingerprint density at radius 2 is 1.74 bits per heavy atom. The lowest BCUT2D eigenvalue weighted by Gasteiger charge is -2.09. The van der Waals surface area contributed by atoms with E-state index in [4.69, 9.17) is 10.7 Å².